The zero-order valence-electron chi connectivity index (χ0n) is 11.6. The van der Waals surface area contributed by atoms with Crippen molar-refractivity contribution in [1.82, 2.24) is 4.90 Å². The summed E-state index contributed by atoms with van der Waals surface area (Å²) in [5.74, 6) is 1.93. The molecule has 0 atom stereocenters. The lowest BCUT2D eigenvalue weighted by Crippen LogP contribution is -2.35. The lowest BCUT2D eigenvalue weighted by Gasteiger charge is -2.32. The minimum atomic E-state index is 0. The van der Waals surface area contributed by atoms with Crippen LogP contribution in [0.15, 0.2) is 0 Å². The van der Waals surface area contributed by atoms with E-state index in [4.69, 9.17) is 5.73 Å². The summed E-state index contributed by atoms with van der Waals surface area (Å²) in [6, 6.07) is 0.507. The van der Waals surface area contributed by atoms with Gasteiger partial charge in [0.05, 0.1) is 0 Å². The largest absolute Gasteiger partial charge is 0.328 e. The Labute approximate surface area is 125 Å². The van der Waals surface area contributed by atoms with Crippen LogP contribution in [0.4, 0.5) is 0 Å². The fourth-order valence-corrected chi connectivity index (χ4v) is 3.13. The first kappa shape index (κ1) is 18.5. The number of hydrogen-bond donors (Lipinski definition) is 1. The first-order valence-electron chi connectivity index (χ1n) is 7.22. The molecule has 1 saturated carbocycles. The van der Waals surface area contributed by atoms with Gasteiger partial charge in [-0.1, -0.05) is 6.92 Å². The molecule has 4 heteroatoms. The molecule has 1 saturated heterocycles. The van der Waals surface area contributed by atoms with Gasteiger partial charge in [0.2, 0.25) is 0 Å². The van der Waals surface area contributed by atoms with Gasteiger partial charge in [0.15, 0.2) is 0 Å². The van der Waals surface area contributed by atoms with E-state index in [2.05, 4.69) is 11.8 Å². The highest BCUT2D eigenvalue weighted by atomic mass is 35.5. The quantitative estimate of drug-likeness (QED) is 0.864. The molecule has 0 aromatic heterocycles. The Morgan fingerprint density at radius 2 is 1.50 bits per heavy atom. The minimum absolute atomic E-state index is 0. The van der Waals surface area contributed by atoms with Gasteiger partial charge in [-0.05, 0) is 76.4 Å². The van der Waals surface area contributed by atoms with Crippen LogP contribution in [0, 0.1) is 11.8 Å². The van der Waals surface area contributed by atoms with Crippen molar-refractivity contribution in [2.75, 3.05) is 19.6 Å². The molecule has 0 spiro atoms. The van der Waals surface area contributed by atoms with E-state index >= 15 is 0 Å². The normalized spacial score (nSPS) is 30.3. The molecule has 0 radical (unpaired) electrons. The molecule has 2 rings (SSSR count). The third-order valence-corrected chi connectivity index (χ3v) is 4.62. The van der Waals surface area contributed by atoms with Crippen molar-refractivity contribution in [1.29, 1.82) is 0 Å². The number of nitrogens with zero attached hydrogens (tertiary/aromatic N) is 1. The molecule has 2 nitrogen and oxygen atoms in total. The van der Waals surface area contributed by atoms with Crippen LogP contribution in [0.5, 0.6) is 0 Å². The van der Waals surface area contributed by atoms with Crippen molar-refractivity contribution in [2.24, 2.45) is 17.6 Å². The van der Waals surface area contributed by atoms with Crippen molar-refractivity contribution < 1.29 is 0 Å². The average Bonchev–Trinajstić information content (AvgIpc) is 2.30. The minimum Gasteiger partial charge on any atom is -0.328 e. The van der Waals surface area contributed by atoms with Crippen LogP contribution in [0.1, 0.15) is 51.9 Å². The fraction of sp³-hybridized carbons (Fsp3) is 1.00. The number of piperidine rings is 1. The highest BCUT2D eigenvalue weighted by Gasteiger charge is 2.20. The number of halogens is 2. The molecule has 1 heterocycles. The van der Waals surface area contributed by atoms with Crippen molar-refractivity contribution in [3.8, 4) is 0 Å². The molecule has 110 valence electrons. The smallest absolute Gasteiger partial charge is 0.00390 e. The second kappa shape index (κ2) is 9.41. The van der Waals surface area contributed by atoms with Crippen molar-refractivity contribution in [2.45, 2.75) is 57.9 Å². The highest BCUT2D eigenvalue weighted by Crippen LogP contribution is 2.26. The van der Waals surface area contributed by atoms with E-state index in [1.807, 2.05) is 0 Å². The maximum absolute atomic E-state index is 5.94. The second-order valence-electron chi connectivity index (χ2n) is 6.09. The average molecular weight is 297 g/mol. The molecular weight excluding hydrogens is 267 g/mol. The third-order valence-electron chi connectivity index (χ3n) is 4.62. The summed E-state index contributed by atoms with van der Waals surface area (Å²) in [5.41, 5.74) is 5.94. The summed E-state index contributed by atoms with van der Waals surface area (Å²) >= 11 is 0. The summed E-state index contributed by atoms with van der Waals surface area (Å²) < 4.78 is 0. The zero-order valence-corrected chi connectivity index (χ0v) is 13.3. The van der Waals surface area contributed by atoms with Crippen LogP contribution in [0.2, 0.25) is 0 Å². The van der Waals surface area contributed by atoms with Crippen LogP contribution >= 0.6 is 24.8 Å². The van der Waals surface area contributed by atoms with Crippen LogP contribution in [-0.4, -0.2) is 30.6 Å². The summed E-state index contributed by atoms with van der Waals surface area (Å²) in [5, 5.41) is 0. The Morgan fingerprint density at radius 3 is 2.06 bits per heavy atom. The summed E-state index contributed by atoms with van der Waals surface area (Å²) in [6.45, 7) is 6.41. The molecule has 2 aliphatic rings. The van der Waals surface area contributed by atoms with Gasteiger partial charge in [-0.3, -0.25) is 0 Å². The number of hydrogen-bond acceptors (Lipinski definition) is 2. The van der Waals surface area contributed by atoms with Gasteiger partial charge in [0.1, 0.15) is 0 Å². The Balaban J connectivity index is 0.00000144. The SMILES string of the molecule is CC1CCN(CCC2CCC(N)CC2)CC1.Cl.Cl. The maximum Gasteiger partial charge on any atom is 0.00390 e. The van der Waals surface area contributed by atoms with Crippen LogP contribution < -0.4 is 5.73 Å². The second-order valence-corrected chi connectivity index (χ2v) is 6.09. The van der Waals surface area contributed by atoms with Crippen LogP contribution in [0.3, 0.4) is 0 Å². The first-order chi connectivity index (χ1) is 7.74. The molecule has 0 amide bonds. The lowest BCUT2D eigenvalue weighted by molar-refractivity contribution is 0.172. The van der Waals surface area contributed by atoms with Gasteiger partial charge in [-0.15, -0.1) is 24.8 Å². The standard InChI is InChI=1S/C14H28N2.2ClH/c1-12-6-9-16(10-7-12)11-8-13-2-4-14(15)5-3-13;;/h12-14H,2-11,15H2,1H3;2*1H. The van der Waals surface area contributed by atoms with Crippen LogP contribution in [0.25, 0.3) is 0 Å². The molecule has 2 fully saturated rings. The Kier molecular flexibility index (Phi) is 9.67. The predicted molar refractivity (Wildman–Crippen MR) is 83.9 cm³/mol. The molecule has 1 aliphatic carbocycles. The Hall–Kier alpha value is 0.500. The van der Waals surface area contributed by atoms with E-state index in [0.717, 1.165) is 11.8 Å². The summed E-state index contributed by atoms with van der Waals surface area (Å²) in [4.78, 5) is 2.68. The van der Waals surface area contributed by atoms with E-state index in [0.29, 0.717) is 6.04 Å². The molecule has 0 aromatic carbocycles. The van der Waals surface area contributed by atoms with E-state index in [-0.39, 0.29) is 24.8 Å². The molecule has 2 N–H and O–H groups in total. The topological polar surface area (TPSA) is 29.3 Å². The molecule has 0 bridgehead atoms. The Bertz CT molecular complexity index is 176. The van der Waals surface area contributed by atoms with E-state index < -0.39 is 0 Å². The molecular formula is C14H30Cl2N2. The maximum atomic E-state index is 5.94. The number of nitrogens with two attached hydrogens (primary N) is 1. The van der Waals surface area contributed by atoms with Gasteiger partial charge in [0.25, 0.3) is 0 Å². The third kappa shape index (κ3) is 6.10. The van der Waals surface area contributed by atoms with Crippen LogP contribution in [-0.2, 0) is 0 Å². The molecule has 18 heavy (non-hydrogen) atoms. The summed E-state index contributed by atoms with van der Waals surface area (Å²) in [7, 11) is 0. The molecule has 0 unspecified atom stereocenters. The van der Waals surface area contributed by atoms with E-state index in [9.17, 15) is 0 Å². The van der Waals surface area contributed by atoms with Crippen molar-refractivity contribution in [3.63, 3.8) is 0 Å². The summed E-state index contributed by atoms with van der Waals surface area (Å²) in [6.07, 6.45) is 9.53. The fourth-order valence-electron chi connectivity index (χ4n) is 3.13. The van der Waals surface area contributed by atoms with Gasteiger partial charge < -0.3 is 10.6 Å². The zero-order chi connectivity index (χ0) is 11.4. The molecule has 0 aromatic rings. The van der Waals surface area contributed by atoms with Gasteiger partial charge >= 0.3 is 0 Å². The monoisotopic (exact) mass is 296 g/mol. The van der Waals surface area contributed by atoms with Gasteiger partial charge in [-0.25, -0.2) is 0 Å². The number of rotatable bonds is 3. The predicted octanol–water partition coefficient (Wildman–Crippen LogP) is 3.47. The van der Waals surface area contributed by atoms with E-state index in [1.165, 1.54) is 64.6 Å². The van der Waals surface area contributed by atoms with E-state index in [1.54, 1.807) is 0 Å². The highest BCUT2D eigenvalue weighted by molar-refractivity contribution is 5.85. The van der Waals surface area contributed by atoms with Gasteiger partial charge in [0, 0.05) is 6.04 Å². The van der Waals surface area contributed by atoms with Crippen molar-refractivity contribution >= 4 is 24.8 Å². The van der Waals surface area contributed by atoms with Gasteiger partial charge in [-0.2, -0.15) is 0 Å². The lowest BCUT2D eigenvalue weighted by atomic mass is 9.84. The number of likely N-dealkylation sites (tertiary alicyclic amines) is 1. The molecule has 1 aliphatic heterocycles. The first-order valence-corrected chi connectivity index (χ1v) is 7.22. The van der Waals surface area contributed by atoms with Crippen molar-refractivity contribution in [3.05, 3.63) is 0 Å². The Morgan fingerprint density at radius 1 is 0.944 bits per heavy atom.